The second-order valence-electron chi connectivity index (χ2n) is 6.02. The van der Waals surface area contributed by atoms with Crippen molar-refractivity contribution in [1.82, 2.24) is 4.98 Å². The molecule has 0 radical (unpaired) electrons. The van der Waals surface area contributed by atoms with Crippen molar-refractivity contribution >= 4 is 65.9 Å². The molecule has 0 aliphatic carbocycles. The summed E-state index contributed by atoms with van der Waals surface area (Å²) in [6.45, 7) is 0. The van der Waals surface area contributed by atoms with Gasteiger partial charge in [-0.1, -0.05) is 23.7 Å². The lowest BCUT2D eigenvalue weighted by Crippen LogP contribution is -2.11. The number of thiophene rings is 1. The van der Waals surface area contributed by atoms with Gasteiger partial charge in [0.15, 0.2) is 9.84 Å². The molecule has 2 heterocycles. The first-order valence-electron chi connectivity index (χ1n) is 8.08. The average Bonchev–Trinajstić information content (AvgIpc) is 3.29. The minimum absolute atomic E-state index is 0.0912. The molecule has 142 valence electrons. The number of amides is 1. The van der Waals surface area contributed by atoms with E-state index in [9.17, 15) is 13.2 Å². The number of nitrogens with one attached hydrogen (secondary N) is 1. The minimum atomic E-state index is -3.40. The first kappa shape index (κ1) is 19.1. The maximum absolute atomic E-state index is 12.6. The molecule has 4 rings (SSSR count). The van der Waals surface area contributed by atoms with Crippen LogP contribution >= 0.6 is 34.3 Å². The summed E-state index contributed by atoms with van der Waals surface area (Å²) in [5.41, 5.74) is 1.18. The molecule has 5 nitrogen and oxygen atoms in total. The van der Waals surface area contributed by atoms with Crippen LogP contribution in [0.2, 0.25) is 5.02 Å². The second-order valence-corrected chi connectivity index (χ2v) is 10.6. The number of nitrogens with zero attached hydrogens (tertiary/aromatic N) is 1. The van der Waals surface area contributed by atoms with E-state index < -0.39 is 9.84 Å². The van der Waals surface area contributed by atoms with E-state index in [1.807, 2.05) is 30.3 Å². The number of halogens is 1. The highest BCUT2D eigenvalue weighted by molar-refractivity contribution is 7.90. The van der Waals surface area contributed by atoms with Crippen LogP contribution in [0.3, 0.4) is 0 Å². The summed E-state index contributed by atoms with van der Waals surface area (Å²) in [5, 5.41) is 3.81. The molecule has 0 spiro atoms. The molecule has 1 amide bonds. The topological polar surface area (TPSA) is 76.1 Å². The Balaban J connectivity index is 1.60. The van der Waals surface area contributed by atoms with Gasteiger partial charge in [-0.3, -0.25) is 4.79 Å². The van der Waals surface area contributed by atoms with E-state index in [2.05, 4.69) is 10.3 Å². The third-order valence-corrected chi connectivity index (χ3v) is 7.68. The second kappa shape index (κ2) is 7.29. The fraction of sp³-hybridized carbons (Fsp3) is 0.0526. The van der Waals surface area contributed by atoms with Gasteiger partial charge in [-0.15, -0.1) is 22.7 Å². The van der Waals surface area contributed by atoms with Gasteiger partial charge in [0.2, 0.25) is 0 Å². The van der Waals surface area contributed by atoms with Crippen LogP contribution in [-0.4, -0.2) is 25.6 Å². The van der Waals surface area contributed by atoms with E-state index >= 15 is 0 Å². The monoisotopic (exact) mass is 448 g/mol. The molecule has 1 N–H and O–H groups in total. The summed E-state index contributed by atoms with van der Waals surface area (Å²) in [6, 6.07) is 15.7. The van der Waals surface area contributed by atoms with Gasteiger partial charge in [0.1, 0.15) is 5.01 Å². The van der Waals surface area contributed by atoms with Crippen LogP contribution in [0.5, 0.6) is 0 Å². The summed E-state index contributed by atoms with van der Waals surface area (Å²) >= 11 is 8.99. The molecule has 0 saturated carbocycles. The number of carbonyl (C=O) groups excluding carboxylic acids is 1. The molecule has 0 unspecified atom stereocenters. The van der Waals surface area contributed by atoms with Crippen LogP contribution in [0.4, 0.5) is 5.69 Å². The number of hydrogen-bond acceptors (Lipinski definition) is 6. The van der Waals surface area contributed by atoms with Crippen molar-refractivity contribution in [2.24, 2.45) is 0 Å². The fourth-order valence-corrected chi connectivity index (χ4v) is 5.30. The van der Waals surface area contributed by atoms with Gasteiger partial charge in [-0.25, -0.2) is 13.4 Å². The molecule has 9 heteroatoms. The lowest BCUT2D eigenvalue weighted by molar-refractivity contribution is 0.103. The number of para-hydroxylation sites is 1. The predicted molar refractivity (Wildman–Crippen MR) is 115 cm³/mol. The number of hydrogen-bond donors (Lipinski definition) is 1. The summed E-state index contributed by atoms with van der Waals surface area (Å²) in [7, 11) is -3.40. The van der Waals surface area contributed by atoms with Crippen LogP contribution in [0.25, 0.3) is 20.1 Å². The molecule has 2 aromatic heterocycles. The molecule has 0 fully saturated rings. The Bertz CT molecular complexity index is 1280. The van der Waals surface area contributed by atoms with Crippen LogP contribution in [0.1, 0.15) is 9.67 Å². The Hall–Kier alpha value is -2.26. The maximum Gasteiger partial charge on any atom is 0.265 e. The van der Waals surface area contributed by atoms with Crippen LogP contribution in [0.15, 0.2) is 59.5 Å². The normalized spacial score (nSPS) is 11.6. The fourth-order valence-electron chi connectivity index (χ4n) is 2.57. The van der Waals surface area contributed by atoms with Crippen molar-refractivity contribution < 1.29 is 13.2 Å². The van der Waals surface area contributed by atoms with E-state index in [1.54, 1.807) is 17.4 Å². The zero-order valence-corrected chi connectivity index (χ0v) is 17.7. The predicted octanol–water partition coefficient (Wildman–Crippen LogP) is 5.33. The zero-order chi connectivity index (χ0) is 19.9. The molecule has 4 aromatic rings. The Kier molecular flexibility index (Phi) is 4.96. The van der Waals surface area contributed by atoms with Crippen molar-refractivity contribution in [3.05, 3.63) is 64.5 Å². The van der Waals surface area contributed by atoms with Gasteiger partial charge in [-0.05, 0) is 42.5 Å². The third kappa shape index (κ3) is 3.81. The third-order valence-electron chi connectivity index (χ3n) is 3.95. The molecular weight excluding hydrogens is 436 g/mol. The van der Waals surface area contributed by atoms with Crippen molar-refractivity contribution in [3.63, 3.8) is 0 Å². The van der Waals surface area contributed by atoms with Crippen LogP contribution in [-0.2, 0) is 9.84 Å². The molecule has 0 saturated heterocycles. The quantitative estimate of drug-likeness (QED) is 0.457. The Labute approximate surface area is 174 Å². The van der Waals surface area contributed by atoms with Crippen LogP contribution in [0, 0.1) is 0 Å². The Morgan fingerprint density at radius 2 is 1.86 bits per heavy atom. The number of aromatic nitrogens is 1. The smallest absolute Gasteiger partial charge is 0.265 e. The number of fused-ring (bicyclic) bond motifs is 1. The SMILES string of the molecule is CS(=O)(=O)c1ccc(Cl)c(NC(=O)c2ccc(-c3nc4ccccc4s3)s2)c1. The van der Waals surface area contributed by atoms with Gasteiger partial charge in [0.05, 0.1) is 35.6 Å². The highest BCUT2D eigenvalue weighted by Crippen LogP contribution is 2.35. The molecule has 0 aliphatic rings. The first-order chi connectivity index (χ1) is 13.3. The maximum atomic E-state index is 12.6. The van der Waals surface area contributed by atoms with E-state index in [-0.39, 0.29) is 21.5 Å². The standard InChI is InChI=1S/C19H13ClN2O3S3/c1-28(24,25)11-6-7-12(20)14(10-11)21-18(23)16-8-9-17(26-16)19-22-13-4-2-3-5-15(13)27-19/h2-10H,1H3,(H,21,23). The number of anilines is 1. The van der Waals surface area contributed by atoms with E-state index in [4.69, 9.17) is 11.6 Å². The van der Waals surface area contributed by atoms with E-state index in [0.29, 0.717) is 4.88 Å². The number of sulfone groups is 1. The zero-order valence-electron chi connectivity index (χ0n) is 14.5. The summed E-state index contributed by atoms with van der Waals surface area (Å²) in [4.78, 5) is 18.7. The molecule has 0 bridgehead atoms. The molecule has 2 aromatic carbocycles. The number of rotatable bonds is 4. The van der Waals surface area contributed by atoms with Crippen LogP contribution < -0.4 is 5.32 Å². The first-order valence-corrected chi connectivity index (χ1v) is 12.0. The van der Waals surface area contributed by atoms with Gasteiger partial charge in [0.25, 0.3) is 5.91 Å². The van der Waals surface area contributed by atoms with Gasteiger partial charge in [-0.2, -0.15) is 0 Å². The molecule has 0 atom stereocenters. The van der Waals surface area contributed by atoms with Crippen molar-refractivity contribution in [1.29, 1.82) is 0 Å². The Morgan fingerprint density at radius 3 is 2.61 bits per heavy atom. The van der Waals surface area contributed by atoms with Crippen molar-refractivity contribution in [3.8, 4) is 9.88 Å². The molecule has 0 aliphatic heterocycles. The summed E-state index contributed by atoms with van der Waals surface area (Å²) in [6.07, 6.45) is 1.10. The summed E-state index contributed by atoms with van der Waals surface area (Å²) in [5.74, 6) is -0.357. The lowest BCUT2D eigenvalue weighted by Gasteiger charge is -2.08. The molecule has 28 heavy (non-hydrogen) atoms. The van der Waals surface area contributed by atoms with Gasteiger partial charge >= 0.3 is 0 Å². The Morgan fingerprint density at radius 1 is 1.07 bits per heavy atom. The van der Waals surface area contributed by atoms with Crippen molar-refractivity contribution in [2.75, 3.05) is 11.6 Å². The van der Waals surface area contributed by atoms with Crippen molar-refractivity contribution in [2.45, 2.75) is 4.90 Å². The van der Waals surface area contributed by atoms with Gasteiger partial charge in [0, 0.05) is 6.26 Å². The average molecular weight is 449 g/mol. The number of benzene rings is 2. The minimum Gasteiger partial charge on any atom is -0.320 e. The van der Waals surface area contributed by atoms with E-state index in [1.165, 1.54) is 29.5 Å². The highest BCUT2D eigenvalue weighted by atomic mass is 35.5. The van der Waals surface area contributed by atoms with E-state index in [0.717, 1.165) is 26.4 Å². The highest BCUT2D eigenvalue weighted by Gasteiger charge is 2.16. The lowest BCUT2D eigenvalue weighted by atomic mass is 10.3. The number of carbonyl (C=O) groups is 1. The summed E-state index contributed by atoms with van der Waals surface area (Å²) < 4.78 is 24.5. The van der Waals surface area contributed by atoms with Gasteiger partial charge < -0.3 is 5.32 Å². The number of thiazole rings is 1. The largest absolute Gasteiger partial charge is 0.320 e. The molecular formula is C19H13ClN2O3S3.